The van der Waals surface area contributed by atoms with Crippen molar-refractivity contribution >= 4 is 29.1 Å². The van der Waals surface area contributed by atoms with Crippen LogP contribution < -0.4 is 10.6 Å². The third kappa shape index (κ3) is 4.75. The van der Waals surface area contributed by atoms with Gasteiger partial charge in [0, 0.05) is 22.5 Å². The molecular weight excluding hydrogens is 374 g/mol. The number of aryl methyl sites for hydroxylation is 1. The van der Waals surface area contributed by atoms with Gasteiger partial charge in [-0.15, -0.1) is 0 Å². The van der Waals surface area contributed by atoms with Crippen molar-refractivity contribution in [2.75, 3.05) is 5.32 Å². The summed E-state index contributed by atoms with van der Waals surface area (Å²) in [6.45, 7) is 3.78. The van der Waals surface area contributed by atoms with Gasteiger partial charge in [0.1, 0.15) is 5.69 Å². The van der Waals surface area contributed by atoms with Gasteiger partial charge in [-0.05, 0) is 49.2 Å². The lowest BCUT2D eigenvalue weighted by molar-refractivity contribution is 0.0935. The van der Waals surface area contributed by atoms with Crippen molar-refractivity contribution in [2.45, 2.75) is 19.9 Å². The van der Waals surface area contributed by atoms with Gasteiger partial charge in [-0.2, -0.15) is 0 Å². The molecule has 0 aliphatic heterocycles. The standard InChI is InChI=1S/C22H20ClN3O2/c1-14-8-9-18(13-19(14)23)26-21(27)17-10-11-24-20(12-17)22(28)25-15(2)16-6-4-3-5-7-16/h3-13,15H,1-2H3,(H,25,28)(H,26,27). The van der Waals surface area contributed by atoms with E-state index in [1.54, 1.807) is 18.2 Å². The SMILES string of the molecule is Cc1ccc(NC(=O)c2ccnc(C(=O)NC(C)c3ccccc3)c2)cc1Cl. The smallest absolute Gasteiger partial charge is 0.270 e. The van der Waals surface area contributed by atoms with Crippen molar-refractivity contribution in [1.82, 2.24) is 10.3 Å². The van der Waals surface area contributed by atoms with Crippen molar-refractivity contribution < 1.29 is 9.59 Å². The molecule has 0 aliphatic carbocycles. The van der Waals surface area contributed by atoms with E-state index in [4.69, 9.17) is 11.6 Å². The fourth-order valence-electron chi connectivity index (χ4n) is 2.67. The van der Waals surface area contributed by atoms with Crippen LogP contribution in [0.3, 0.4) is 0 Å². The van der Waals surface area contributed by atoms with E-state index in [0.717, 1.165) is 11.1 Å². The molecule has 28 heavy (non-hydrogen) atoms. The summed E-state index contributed by atoms with van der Waals surface area (Å²) in [5.41, 5.74) is 3.01. The van der Waals surface area contributed by atoms with Crippen LogP contribution in [0.4, 0.5) is 5.69 Å². The summed E-state index contributed by atoms with van der Waals surface area (Å²) in [6, 6.07) is 17.8. The Bertz CT molecular complexity index is 1010. The molecule has 6 heteroatoms. The molecule has 1 aromatic heterocycles. The number of anilines is 1. The van der Waals surface area contributed by atoms with Gasteiger partial charge in [-0.25, -0.2) is 0 Å². The topological polar surface area (TPSA) is 71.1 Å². The van der Waals surface area contributed by atoms with Gasteiger partial charge in [0.25, 0.3) is 11.8 Å². The molecule has 1 unspecified atom stereocenters. The summed E-state index contributed by atoms with van der Waals surface area (Å²) in [5.74, 6) is -0.683. The summed E-state index contributed by atoms with van der Waals surface area (Å²) < 4.78 is 0. The lowest BCUT2D eigenvalue weighted by Crippen LogP contribution is -2.27. The molecule has 3 rings (SSSR count). The van der Waals surface area contributed by atoms with Crippen LogP contribution in [-0.2, 0) is 0 Å². The summed E-state index contributed by atoms with van der Waals surface area (Å²) >= 11 is 6.09. The number of nitrogens with one attached hydrogen (secondary N) is 2. The lowest BCUT2D eigenvalue weighted by Gasteiger charge is -2.14. The largest absolute Gasteiger partial charge is 0.344 e. The van der Waals surface area contributed by atoms with Crippen molar-refractivity contribution in [3.05, 3.63) is 94.3 Å². The highest BCUT2D eigenvalue weighted by Crippen LogP contribution is 2.20. The second-order valence-electron chi connectivity index (χ2n) is 6.45. The first-order valence-electron chi connectivity index (χ1n) is 8.83. The van der Waals surface area contributed by atoms with Gasteiger partial charge >= 0.3 is 0 Å². The molecule has 0 aliphatic rings. The number of pyridine rings is 1. The lowest BCUT2D eigenvalue weighted by atomic mass is 10.1. The molecule has 0 radical (unpaired) electrons. The maximum absolute atomic E-state index is 12.5. The van der Waals surface area contributed by atoms with Crippen LogP contribution in [-0.4, -0.2) is 16.8 Å². The first kappa shape index (κ1) is 19.6. The second-order valence-corrected chi connectivity index (χ2v) is 6.86. The zero-order valence-electron chi connectivity index (χ0n) is 15.6. The summed E-state index contributed by atoms with van der Waals surface area (Å²) in [7, 11) is 0. The maximum Gasteiger partial charge on any atom is 0.270 e. The number of aromatic nitrogens is 1. The van der Waals surface area contributed by atoms with E-state index in [-0.39, 0.29) is 23.6 Å². The van der Waals surface area contributed by atoms with Crippen LogP contribution >= 0.6 is 11.6 Å². The van der Waals surface area contributed by atoms with Gasteiger partial charge in [0.15, 0.2) is 0 Å². The fourth-order valence-corrected chi connectivity index (χ4v) is 2.85. The molecule has 1 atom stereocenters. The molecule has 2 N–H and O–H groups in total. The number of benzene rings is 2. The Morgan fingerprint density at radius 3 is 2.46 bits per heavy atom. The van der Waals surface area contributed by atoms with Crippen LogP contribution in [0.25, 0.3) is 0 Å². The molecule has 0 fully saturated rings. The van der Waals surface area contributed by atoms with Crippen molar-refractivity contribution in [3.63, 3.8) is 0 Å². The van der Waals surface area contributed by atoms with Gasteiger partial charge in [-0.3, -0.25) is 14.6 Å². The number of rotatable bonds is 5. The zero-order valence-corrected chi connectivity index (χ0v) is 16.3. The maximum atomic E-state index is 12.5. The van der Waals surface area contributed by atoms with E-state index >= 15 is 0 Å². The molecule has 0 saturated carbocycles. The molecule has 1 heterocycles. The minimum Gasteiger partial charge on any atom is -0.344 e. The minimum atomic E-state index is -0.343. The molecule has 0 saturated heterocycles. The van der Waals surface area contributed by atoms with E-state index in [0.29, 0.717) is 16.3 Å². The molecule has 3 aromatic rings. The highest BCUT2D eigenvalue weighted by atomic mass is 35.5. The van der Waals surface area contributed by atoms with E-state index < -0.39 is 0 Å². The summed E-state index contributed by atoms with van der Waals surface area (Å²) in [5, 5.41) is 6.24. The average Bonchev–Trinajstić information content (AvgIpc) is 2.71. The molecule has 5 nitrogen and oxygen atoms in total. The fraction of sp³-hybridized carbons (Fsp3) is 0.136. The molecule has 142 valence electrons. The minimum absolute atomic E-state index is 0.178. The Hall–Kier alpha value is -3.18. The molecule has 2 amide bonds. The van der Waals surface area contributed by atoms with Crippen LogP contribution in [0.15, 0.2) is 66.9 Å². The van der Waals surface area contributed by atoms with Crippen molar-refractivity contribution in [2.24, 2.45) is 0 Å². The highest BCUT2D eigenvalue weighted by molar-refractivity contribution is 6.31. The monoisotopic (exact) mass is 393 g/mol. The highest BCUT2D eigenvalue weighted by Gasteiger charge is 2.15. The Morgan fingerprint density at radius 2 is 1.75 bits per heavy atom. The normalized spacial score (nSPS) is 11.5. The Labute approximate surface area is 168 Å². The molecule has 0 bridgehead atoms. The summed E-state index contributed by atoms with van der Waals surface area (Å²) in [6.07, 6.45) is 1.44. The van der Waals surface area contributed by atoms with E-state index in [2.05, 4.69) is 15.6 Å². The second kappa shape index (κ2) is 8.67. The number of carbonyl (C=O) groups is 2. The Morgan fingerprint density at radius 1 is 1.00 bits per heavy atom. The van der Waals surface area contributed by atoms with Gasteiger partial charge in [0.05, 0.1) is 6.04 Å². The van der Waals surface area contributed by atoms with E-state index in [9.17, 15) is 9.59 Å². The quantitative estimate of drug-likeness (QED) is 0.654. The van der Waals surface area contributed by atoms with Gasteiger partial charge in [-0.1, -0.05) is 48.0 Å². The van der Waals surface area contributed by atoms with Crippen LogP contribution in [0, 0.1) is 6.92 Å². The van der Waals surface area contributed by atoms with Crippen molar-refractivity contribution in [1.29, 1.82) is 0 Å². The molecule has 0 spiro atoms. The average molecular weight is 394 g/mol. The number of hydrogen-bond donors (Lipinski definition) is 2. The van der Waals surface area contributed by atoms with Crippen LogP contribution in [0.5, 0.6) is 0 Å². The number of carbonyl (C=O) groups excluding carboxylic acids is 2. The molecule has 2 aromatic carbocycles. The predicted molar refractivity (Wildman–Crippen MR) is 111 cm³/mol. The van der Waals surface area contributed by atoms with Gasteiger partial charge in [0.2, 0.25) is 0 Å². The van der Waals surface area contributed by atoms with Crippen molar-refractivity contribution in [3.8, 4) is 0 Å². The number of halogens is 1. The first-order chi connectivity index (χ1) is 13.4. The molecular formula is C22H20ClN3O2. The van der Waals surface area contributed by atoms with Crippen LogP contribution in [0.2, 0.25) is 5.02 Å². The van der Waals surface area contributed by atoms with E-state index in [1.165, 1.54) is 12.3 Å². The van der Waals surface area contributed by atoms with Crippen LogP contribution in [0.1, 0.15) is 44.9 Å². The first-order valence-corrected chi connectivity index (χ1v) is 9.21. The number of nitrogens with zero attached hydrogens (tertiary/aromatic N) is 1. The van der Waals surface area contributed by atoms with E-state index in [1.807, 2.05) is 50.2 Å². The third-order valence-corrected chi connectivity index (χ3v) is 4.74. The van der Waals surface area contributed by atoms with Gasteiger partial charge < -0.3 is 10.6 Å². The predicted octanol–water partition coefficient (Wildman–Crippen LogP) is 4.79. The Balaban J connectivity index is 1.71. The number of amides is 2. The number of hydrogen-bond acceptors (Lipinski definition) is 3. The third-order valence-electron chi connectivity index (χ3n) is 4.33. The Kier molecular flexibility index (Phi) is 6.06. The zero-order chi connectivity index (χ0) is 20.1. The summed E-state index contributed by atoms with van der Waals surface area (Å²) in [4.78, 5) is 29.1.